The maximum Gasteiger partial charge on any atom is 0.252 e. The number of piperidine rings is 1. The summed E-state index contributed by atoms with van der Waals surface area (Å²) in [6.45, 7) is 3.63. The van der Waals surface area contributed by atoms with Crippen molar-refractivity contribution in [2.45, 2.75) is 25.8 Å². The molecule has 6 heteroatoms. The van der Waals surface area contributed by atoms with E-state index in [0.717, 1.165) is 42.3 Å². The predicted octanol–water partition coefficient (Wildman–Crippen LogP) is 3.41. The lowest BCUT2D eigenvalue weighted by Gasteiger charge is -2.24. The van der Waals surface area contributed by atoms with Crippen LogP contribution in [0.15, 0.2) is 42.6 Å². The first-order valence-corrected chi connectivity index (χ1v) is 9.49. The zero-order valence-electron chi connectivity index (χ0n) is 15.8. The summed E-state index contributed by atoms with van der Waals surface area (Å²) in [5.74, 6) is -0.135. The molecule has 1 aromatic heterocycles. The number of amides is 1. The zero-order valence-corrected chi connectivity index (χ0v) is 15.8. The van der Waals surface area contributed by atoms with Crippen molar-refractivity contribution in [3.63, 3.8) is 0 Å². The fourth-order valence-electron chi connectivity index (χ4n) is 3.83. The molecule has 0 radical (unpaired) electrons. The van der Waals surface area contributed by atoms with Crippen molar-refractivity contribution < 1.29 is 9.18 Å². The number of nitrogen functional groups attached to an aromatic ring is 1. The number of carbonyl (C=O) groups is 1. The van der Waals surface area contributed by atoms with Gasteiger partial charge in [0, 0.05) is 28.8 Å². The number of aryl methyl sites for hydroxylation is 1. The lowest BCUT2D eigenvalue weighted by atomic mass is 9.94. The molecule has 0 saturated carbocycles. The number of rotatable bonds is 3. The van der Waals surface area contributed by atoms with E-state index in [1.807, 2.05) is 19.1 Å². The van der Waals surface area contributed by atoms with Crippen LogP contribution in [0.25, 0.3) is 21.9 Å². The summed E-state index contributed by atoms with van der Waals surface area (Å²) in [6.07, 6.45) is 3.41. The molecular formula is C22H23FN4O. The number of hydrogen-bond acceptors (Lipinski definition) is 4. The number of nitrogens with one attached hydrogen (secondary N) is 2. The fraction of sp³-hybridized carbons (Fsp3) is 0.273. The van der Waals surface area contributed by atoms with E-state index >= 15 is 0 Å². The summed E-state index contributed by atoms with van der Waals surface area (Å²) < 4.78 is 14.6. The van der Waals surface area contributed by atoms with Crippen LogP contribution in [0.4, 0.5) is 10.2 Å². The number of aromatic nitrogens is 1. The monoisotopic (exact) mass is 378 g/mol. The van der Waals surface area contributed by atoms with Gasteiger partial charge in [-0.2, -0.15) is 0 Å². The second-order valence-electron chi connectivity index (χ2n) is 7.28. The van der Waals surface area contributed by atoms with Crippen LogP contribution < -0.4 is 16.4 Å². The molecule has 4 N–H and O–H groups in total. The van der Waals surface area contributed by atoms with Gasteiger partial charge >= 0.3 is 0 Å². The molecule has 3 aromatic rings. The van der Waals surface area contributed by atoms with Crippen molar-refractivity contribution in [1.82, 2.24) is 15.6 Å². The molecular weight excluding hydrogens is 355 g/mol. The molecule has 1 saturated heterocycles. The summed E-state index contributed by atoms with van der Waals surface area (Å²) >= 11 is 0. The number of pyridine rings is 1. The van der Waals surface area contributed by atoms with E-state index in [1.54, 1.807) is 24.4 Å². The topological polar surface area (TPSA) is 80.0 Å². The standard InChI is InChI=1S/C22H23FN4O/c1-13-3-2-4-19(23)21(13)14-9-15-12-26-20(24)11-17(15)18(10-14)22(28)27-16-5-7-25-8-6-16/h2-4,9-12,16,25H,5-8H2,1H3,(H2,24,26)(H,27,28). The molecule has 28 heavy (non-hydrogen) atoms. The summed E-state index contributed by atoms with van der Waals surface area (Å²) in [6, 6.07) is 10.4. The van der Waals surface area contributed by atoms with Crippen molar-refractivity contribution >= 4 is 22.5 Å². The normalized spacial score (nSPS) is 14.9. The van der Waals surface area contributed by atoms with Gasteiger partial charge in [-0.05, 0) is 73.6 Å². The number of halogens is 1. The van der Waals surface area contributed by atoms with Gasteiger partial charge in [-0.1, -0.05) is 12.1 Å². The summed E-state index contributed by atoms with van der Waals surface area (Å²) in [7, 11) is 0. The van der Waals surface area contributed by atoms with Crippen LogP contribution in [-0.4, -0.2) is 30.0 Å². The van der Waals surface area contributed by atoms with Crippen molar-refractivity contribution in [3.8, 4) is 11.1 Å². The first kappa shape index (κ1) is 18.4. The van der Waals surface area contributed by atoms with Gasteiger partial charge in [0.15, 0.2) is 0 Å². The average Bonchev–Trinajstić information content (AvgIpc) is 2.68. The number of anilines is 1. The van der Waals surface area contributed by atoms with Gasteiger partial charge < -0.3 is 16.4 Å². The van der Waals surface area contributed by atoms with E-state index in [4.69, 9.17) is 5.73 Å². The molecule has 0 atom stereocenters. The Hall–Kier alpha value is -2.99. The Morgan fingerprint density at radius 2 is 2.04 bits per heavy atom. The smallest absolute Gasteiger partial charge is 0.252 e. The number of benzene rings is 2. The van der Waals surface area contributed by atoms with Gasteiger partial charge in [0.2, 0.25) is 0 Å². The summed E-state index contributed by atoms with van der Waals surface area (Å²) in [4.78, 5) is 17.3. The van der Waals surface area contributed by atoms with Crippen LogP contribution in [0.1, 0.15) is 28.8 Å². The fourth-order valence-corrected chi connectivity index (χ4v) is 3.83. The molecule has 2 heterocycles. The molecule has 144 valence electrons. The van der Waals surface area contributed by atoms with Gasteiger partial charge in [-0.25, -0.2) is 9.37 Å². The Morgan fingerprint density at radius 3 is 2.79 bits per heavy atom. The van der Waals surface area contributed by atoms with Gasteiger partial charge in [-0.15, -0.1) is 0 Å². The van der Waals surface area contributed by atoms with Crippen LogP contribution in [0.3, 0.4) is 0 Å². The number of nitrogens with zero attached hydrogens (tertiary/aromatic N) is 1. The van der Waals surface area contributed by atoms with Gasteiger partial charge in [0.25, 0.3) is 5.91 Å². The van der Waals surface area contributed by atoms with E-state index in [9.17, 15) is 9.18 Å². The lowest BCUT2D eigenvalue weighted by molar-refractivity contribution is 0.0931. The predicted molar refractivity (Wildman–Crippen MR) is 110 cm³/mol. The van der Waals surface area contributed by atoms with Gasteiger partial charge in [0.1, 0.15) is 11.6 Å². The van der Waals surface area contributed by atoms with E-state index in [1.165, 1.54) is 6.07 Å². The first-order valence-electron chi connectivity index (χ1n) is 9.49. The second kappa shape index (κ2) is 7.56. The van der Waals surface area contributed by atoms with Gasteiger partial charge in [-0.3, -0.25) is 4.79 Å². The molecule has 1 fully saturated rings. The van der Waals surface area contributed by atoms with Crippen molar-refractivity contribution in [1.29, 1.82) is 0 Å². The molecule has 0 bridgehead atoms. The molecule has 1 aliphatic rings. The maximum absolute atomic E-state index is 14.6. The second-order valence-corrected chi connectivity index (χ2v) is 7.28. The lowest BCUT2D eigenvalue weighted by Crippen LogP contribution is -2.42. The van der Waals surface area contributed by atoms with Crippen LogP contribution in [0.5, 0.6) is 0 Å². The molecule has 0 unspecified atom stereocenters. The van der Waals surface area contributed by atoms with E-state index in [0.29, 0.717) is 22.5 Å². The number of hydrogen-bond donors (Lipinski definition) is 3. The van der Waals surface area contributed by atoms with Gasteiger partial charge in [0.05, 0.1) is 0 Å². The van der Waals surface area contributed by atoms with Crippen LogP contribution in [-0.2, 0) is 0 Å². The highest BCUT2D eigenvalue weighted by molar-refractivity contribution is 6.09. The van der Waals surface area contributed by atoms with E-state index in [-0.39, 0.29) is 17.8 Å². The van der Waals surface area contributed by atoms with Crippen LogP contribution in [0, 0.1) is 12.7 Å². The van der Waals surface area contributed by atoms with Crippen molar-refractivity contribution in [2.75, 3.05) is 18.8 Å². The molecule has 5 nitrogen and oxygen atoms in total. The van der Waals surface area contributed by atoms with Crippen molar-refractivity contribution in [2.24, 2.45) is 0 Å². The summed E-state index contributed by atoms with van der Waals surface area (Å²) in [5, 5.41) is 7.88. The highest BCUT2D eigenvalue weighted by Crippen LogP contribution is 2.32. The third kappa shape index (κ3) is 3.55. The Labute approximate surface area is 163 Å². The quantitative estimate of drug-likeness (QED) is 0.652. The summed E-state index contributed by atoms with van der Waals surface area (Å²) in [5.41, 5.74) is 8.32. The molecule has 1 aliphatic heterocycles. The third-order valence-electron chi connectivity index (χ3n) is 5.29. The maximum atomic E-state index is 14.6. The highest BCUT2D eigenvalue weighted by Gasteiger charge is 2.20. The average molecular weight is 378 g/mol. The number of fused-ring (bicyclic) bond motifs is 1. The molecule has 1 amide bonds. The van der Waals surface area contributed by atoms with E-state index in [2.05, 4.69) is 15.6 Å². The molecule has 0 spiro atoms. The van der Waals surface area contributed by atoms with E-state index < -0.39 is 0 Å². The van der Waals surface area contributed by atoms with Crippen LogP contribution >= 0.6 is 0 Å². The number of carbonyl (C=O) groups excluding carboxylic acids is 1. The minimum Gasteiger partial charge on any atom is -0.384 e. The largest absolute Gasteiger partial charge is 0.384 e. The highest BCUT2D eigenvalue weighted by atomic mass is 19.1. The first-order chi connectivity index (χ1) is 13.5. The molecule has 0 aliphatic carbocycles. The number of nitrogens with two attached hydrogens (primary N) is 1. The molecule has 4 rings (SSSR count). The zero-order chi connectivity index (χ0) is 19.7. The minimum atomic E-state index is -0.313. The minimum absolute atomic E-state index is 0.127. The Morgan fingerprint density at radius 1 is 1.25 bits per heavy atom. The van der Waals surface area contributed by atoms with Crippen LogP contribution in [0.2, 0.25) is 0 Å². The third-order valence-corrected chi connectivity index (χ3v) is 5.29. The SMILES string of the molecule is Cc1cccc(F)c1-c1cc(C(=O)NC2CCNCC2)c2cc(N)ncc2c1. The Balaban J connectivity index is 1.83. The van der Waals surface area contributed by atoms with Crippen molar-refractivity contribution in [3.05, 3.63) is 59.5 Å². The Bertz CT molecular complexity index is 1020. The molecule has 2 aromatic carbocycles. The Kier molecular flexibility index (Phi) is 4.96.